The molecule has 4 rings (SSSR count). The highest BCUT2D eigenvalue weighted by atomic mass is 32.2. The molecular formula is C22H30N2O4S. The minimum absolute atomic E-state index is 0.0666. The molecule has 2 aromatic rings. The third kappa shape index (κ3) is 6.26. The van der Waals surface area contributed by atoms with Gasteiger partial charge in [-0.3, -0.25) is 4.55 Å². The zero-order valence-electron chi connectivity index (χ0n) is 17.1. The molecule has 1 aliphatic carbocycles. The van der Waals surface area contributed by atoms with Crippen molar-refractivity contribution in [3.8, 4) is 5.88 Å². The number of pyridine rings is 1. The molecule has 1 aromatic carbocycles. The lowest BCUT2D eigenvalue weighted by molar-refractivity contribution is 0.147. The number of ether oxygens (including phenoxy) is 1. The molecule has 2 heterocycles. The van der Waals surface area contributed by atoms with E-state index in [1.54, 1.807) is 12.1 Å². The summed E-state index contributed by atoms with van der Waals surface area (Å²) in [6.45, 7) is 6.01. The van der Waals surface area contributed by atoms with Crippen molar-refractivity contribution >= 4 is 10.1 Å². The average molecular weight is 419 g/mol. The molecular weight excluding hydrogens is 388 g/mol. The summed E-state index contributed by atoms with van der Waals surface area (Å²) >= 11 is 0. The summed E-state index contributed by atoms with van der Waals surface area (Å²) in [7, 11) is -4.02. The van der Waals surface area contributed by atoms with Gasteiger partial charge in [-0.2, -0.15) is 8.42 Å². The summed E-state index contributed by atoms with van der Waals surface area (Å²) in [6.07, 6.45) is 6.68. The van der Waals surface area contributed by atoms with Crippen LogP contribution in [0.2, 0.25) is 0 Å². The molecule has 2 N–H and O–H groups in total. The number of benzene rings is 1. The first-order valence-electron chi connectivity index (χ1n) is 10.2. The molecule has 1 fully saturated rings. The van der Waals surface area contributed by atoms with Crippen molar-refractivity contribution in [2.75, 3.05) is 6.54 Å². The SMILES string of the molecule is CC(Oc1ccc2c(n1)CCNC2)C1CCCC1.Cc1ccc(S(=O)(=O)O)cc1. The predicted molar refractivity (Wildman–Crippen MR) is 113 cm³/mol. The molecule has 0 bridgehead atoms. The predicted octanol–water partition coefficient (Wildman–Crippen LogP) is 3.93. The molecule has 1 atom stereocenters. The molecule has 0 amide bonds. The highest BCUT2D eigenvalue weighted by Crippen LogP contribution is 2.30. The van der Waals surface area contributed by atoms with Gasteiger partial charge in [-0.15, -0.1) is 0 Å². The Morgan fingerprint density at radius 3 is 2.48 bits per heavy atom. The quantitative estimate of drug-likeness (QED) is 0.732. The van der Waals surface area contributed by atoms with Gasteiger partial charge in [-0.25, -0.2) is 4.98 Å². The Morgan fingerprint density at radius 2 is 1.83 bits per heavy atom. The fraction of sp³-hybridized carbons (Fsp3) is 0.500. The van der Waals surface area contributed by atoms with Crippen LogP contribution < -0.4 is 10.1 Å². The molecule has 6 nitrogen and oxygen atoms in total. The van der Waals surface area contributed by atoms with Crippen molar-refractivity contribution in [1.29, 1.82) is 0 Å². The van der Waals surface area contributed by atoms with E-state index < -0.39 is 10.1 Å². The van der Waals surface area contributed by atoms with Crippen molar-refractivity contribution in [1.82, 2.24) is 10.3 Å². The first kappa shape index (κ1) is 21.7. The minimum atomic E-state index is -4.02. The summed E-state index contributed by atoms with van der Waals surface area (Å²) in [5.41, 5.74) is 3.49. The molecule has 1 aliphatic heterocycles. The van der Waals surface area contributed by atoms with Crippen LogP contribution in [0.3, 0.4) is 0 Å². The van der Waals surface area contributed by atoms with E-state index in [1.807, 2.05) is 13.0 Å². The highest BCUT2D eigenvalue weighted by Gasteiger charge is 2.23. The maximum absolute atomic E-state index is 10.5. The number of nitrogens with zero attached hydrogens (tertiary/aromatic N) is 1. The fourth-order valence-corrected chi connectivity index (χ4v) is 4.29. The first-order chi connectivity index (χ1) is 13.8. The van der Waals surface area contributed by atoms with E-state index in [1.165, 1.54) is 49.1 Å². The Hall–Kier alpha value is -1.96. The summed E-state index contributed by atoms with van der Waals surface area (Å²) in [5.74, 6) is 1.54. The number of aromatic nitrogens is 1. The standard InChI is InChI=1S/C15H22N2O.C7H8O3S/c1-11(12-4-2-3-5-12)18-15-7-6-13-10-16-9-8-14(13)17-15;1-6-2-4-7(5-3-6)11(8,9)10/h6-7,11-12,16H,2-5,8-10H2,1H3;2-5H,1H3,(H,8,9,10). The van der Waals surface area contributed by atoms with Gasteiger partial charge in [-0.1, -0.05) is 36.6 Å². The monoisotopic (exact) mass is 418 g/mol. The van der Waals surface area contributed by atoms with Crippen LogP contribution in [0.1, 0.15) is 49.4 Å². The number of hydrogen-bond acceptors (Lipinski definition) is 5. The van der Waals surface area contributed by atoms with E-state index in [4.69, 9.17) is 9.29 Å². The van der Waals surface area contributed by atoms with Crippen LogP contribution in [0, 0.1) is 12.8 Å². The fourth-order valence-electron chi connectivity index (χ4n) is 3.81. The second-order valence-electron chi connectivity index (χ2n) is 7.84. The number of fused-ring (bicyclic) bond motifs is 1. The van der Waals surface area contributed by atoms with Crippen LogP contribution in [-0.2, 0) is 23.1 Å². The van der Waals surface area contributed by atoms with E-state index in [-0.39, 0.29) is 4.90 Å². The molecule has 0 saturated heterocycles. The Bertz CT molecular complexity index is 907. The number of nitrogens with one attached hydrogen (secondary N) is 1. The Balaban J connectivity index is 0.000000188. The zero-order valence-corrected chi connectivity index (χ0v) is 17.9. The molecule has 0 radical (unpaired) electrons. The third-order valence-corrected chi connectivity index (χ3v) is 6.45. The minimum Gasteiger partial charge on any atom is -0.474 e. The van der Waals surface area contributed by atoms with Crippen molar-refractivity contribution < 1.29 is 17.7 Å². The van der Waals surface area contributed by atoms with E-state index in [0.29, 0.717) is 6.10 Å². The van der Waals surface area contributed by atoms with E-state index in [9.17, 15) is 8.42 Å². The smallest absolute Gasteiger partial charge is 0.294 e. The van der Waals surface area contributed by atoms with Crippen molar-refractivity contribution in [3.63, 3.8) is 0 Å². The third-order valence-electron chi connectivity index (χ3n) is 5.59. The van der Waals surface area contributed by atoms with Crippen LogP contribution in [0.25, 0.3) is 0 Å². The molecule has 1 aromatic heterocycles. The second kappa shape index (κ2) is 9.69. The van der Waals surface area contributed by atoms with Gasteiger partial charge in [0.15, 0.2) is 0 Å². The second-order valence-corrected chi connectivity index (χ2v) is 9.26. The molecule has 7 heteroatoms. The lowest BCUT2D eigenvalue weighted by Crippen LogP contribution is -2.26. The molecule has 158 valence electrons. The van der Waals surface area contributed by atoms with E-state index >= 15 is 0 Å². The maximum Gasteiger partial charge on any atom is 0.294 e. The lowest BCUT2D eigenvalue weighted by atomic mass is 10.0. The van der Waals surface area contributed by atoms with E-state index in [2.05, 4.69) is 23.3 Å². The first-order valence-corrected chi connectivity index (χ1v) is 11.7. The lowest BCUT2D eigenvalue weighted by Gasteiger charge is -2.22. The topological polar surface area (TPSA) is 88.5 Å². The van der Waals surface area contributed by atoms with Gasteiger partial charge in [0.25, 0.3) is 10.1 Å². The van der Waals surface area contributed by atoms with Crippen LogP contribution in [0.4, 0.5) is 0 Å². The Morgan fingerprint density at radius 1 is 1.14 bits per heavy atom. The number of aryl methyl sites for hydroxylation is 1. The molecule has 0 spiro atoms. The Kier molecular flexibility index (Phi) is 7.27. The van der Waals surface area contributed by atoms with Crippen LogP contribution in [0.5, 0.6) is 5.88 Å². The number of rotatable bonds is 4. The summed E-state index contributed by atoms with van der Waals surface area (Å²) in [6, 6.07) is 10.2. The Labute approximate surface area is 173 Å². The van der Waals surface area contributed by atoms with Crippen LogP contribution in [-0.4, -0.2) is 30.6 Å². The molecule has 2 aliphatic rings. The van der Waals surface area contributed by atoms with Gasteiger partial charge in [0.05, 0.1) is 10.6 Å². The van der Waals surface area contributed by atoms with Crippen molar-refractivity contribution in [2.45, 2.75) is 63.5 Å². The zero-order chi connectivity index (χ0) is 20.9. The van der Waals surface area contributed by atoms with E-state index in [0.717, 1.165) is 36.9 Å². The van der Waals surface area contributed by atoms with Gasteiger partial charge in [0, 0.05) is 25.6 Å². The van der Waals surface area contributed by atoms with Crippen LogP contribution >= 0.6 is 0 Å². The van der Waals surface area contributed by atoms with Gasteiger partial charge >= 0.3 is 0 Å². The number of hydrogen-bond donors (Lipinski definition) is 2. The molecule has 29 heavy (non-hydrogen) atoms. The van der Waals surface area contributed by atoms with Gasteiger partial charge in [-0.05, 0) is 50.3 Å². The maximum atomic E-state index is 10.5. The largest absolute Gasteiger partial charge is 0.474 e. The average Bonchev–Trinajstić information content (AvgIpc) is 3.23. The van der Waals surface area contributed by atoms with Crippen LogP contribution in [0.15, 0.2) is 41.3 Å². The summed E-state index contributed by atoms with van der Waals surface area (Å²) < 4.78 is 35.6. The van der Waals surface area contributed by atoms with Crippen molar-refractivity contribution in [2.24, 2.45) is 5.92 Å². The van der Waals surface area contributed by atoms with Gasteiger partial charge < -0.3 is 10.1 Å². The highest BCUT2D eigenvalue weighted by molar-refractivity contribution is 7.85. The summed E-state index contributed by atoms with van der Waals surface area (Å²) in [5, 5.41) is 3.37. The van der Waals surface area contributed by atoms with Crippen molar-refractivity contribution in [3.05, 3.63) is 53.2 Å². The van der Waals surface area contributed by atoms with Gasteiger partial charge in [0.1, 0.15) is 6.10 Å². The molecule has 1 unspecified atom stereocenters. The normalized spacial score (nSPS) is 17.8. The molecule has 1 saturated carbocycles. The van der Waals surface area contributed by atoms with Gasteiger partial charge in [0.2, 0.25) is 5.88 Å². The summed E-state index contributed by atoms with van der Waals surface area (Å²) in [4.78, 5) is 4.60.